The minimum Gasteiger partial charge on any atom is -0.497 e. The Morgan fingerprint density at radius 1 is 1.50 bits per heavy atom. The van der Waals surface area contributed by atoms with E-state index in [0.717, 1.165) is 30.6 Å². The molecule has 24 heavy (non-hydrogen) atoms. The molecule has 0 spiro atoms. The second kappa shape index (κ2) is 6.60. The summed E-state index contributed by atoms with van der Waals surface area (Å²) in [5, 5.41) is 6.89. The fraction of sp³-hybridized carbons (Fsp3) is 0.471. The van der Waals surface area contributed by atoms with Crippen LogP contribution in [-0.4, -0.2) is 23.2 Å². The maximum atomic E-state index is 11.6. The third-order valence-electron chi connectivity index (χ3n) is 4.38. The smallest absolute Gasteiger partial charge is 0.249 e. The predicted octanol–water partition coefficient (Wildman–Crippen LogP) is 1.84. The number of benzene rings is 1. The summed E-state index contributed by atoms with van der Waals surface area (Å²) in [6.07, 6.45) is 3.30. The number of nitrogens with zero attached hydrogens (tertiary/aromatic N) is 2. The van der Waals surface area contributed by atoms with Crippen molar-refractivity contribution < 1.29 is 14.1 Å². The van der Waals surface area contributed by atoms with Gasteiger partial charge in [-0.25, -0.2) is 0 Å². The fourth-order valence-corrected chi connectivity index (χ4v) is 2.84. The lowest BCUT2D eigenvalue weighted by Gasteiger charge is -2.34. The summed E-state index contributed by atoms with van der Waals surface area (Å²) in [5.41, 5.74) is 6.75. The van der Waals surface area contributed by atoms with Crippen molar-refractivity contribution in [1.82, 2.24) is 15.5 Å². The van der Waals surface area contributed by atoms with E-state index in [1.807, 2.05) is 24.3 Å². The highest BCUT2D eigenvalue weighted by molar-refractivity contribution is 5.73. The van der Waals surface area contributed by atoms with Crippen LogP contribution in [0.15, 0.2) is 28.8 Å². The monoisotopic (exact) mass is 330 g/mol. The topological polar surface area (TPSA) is 103 Å². The Bertz CT molecular complexity index is 724. The van der Waals surface area contributed by atoms with Crippen molar-refractivity contribution in [1.29, 1.82) is 0 Å². The van der Waals surface area contributed by atoms with Crippen LogP contribution in [0, 0.1) is 0 Å². The Balaban J connectivity index is 1.82. The van der Waals surface area contributed by atoms with Crippen LogP contribution in [0.1, 0.15) is 49.5 Å². The van der Waals surface area contributed by atoms with Crippen LogP contribution in [0.3, 0.4) is 0 Å². The highest BCUT2D eigenvalue weighted by Gasteiger charge is 2.39. The standard InChI is InChI=1S/C17H22N4O3/c1-11(22)19-14(10-12-5-3-6-13(9-12)23-2)15-20-16(21-24-15)17(18)7-4-8-17/h3,5-6,9,14H,4,7-8,10,18H2,1-2H3,(H,19,22). The molecule has 128 valence electrons. The molecular weight excluding hydrogens is 308 g/mol. The molecule has 0 aliphatic heterocycles. The first-order valence-corrected chi connectivity index (χ1v) is 8.03. The number of rotatable bonds is 6. The van der Waals surface area contributed by atoms with Gasteiger partial charge in [-0.2, -0.15) is 4.98 Å². The zero-order chi connectivity index (χ0) is 17.2. The van der Waals surface area contributed by atoms with Crippen LogP contribution < -0.4 is 15.8 Å². The zero-order valence-electron chi connectivity index (χ0n) is 13.9. The molecule has 2 aromatic rings. The molecule has 0 radical (unpaired) electrons. The highest BCUT2D eigenvalue weighted by atomic mass is 16.5. The first kappa shape index (κ1) is 16.4. The van der Waals surface area contributed by atoms with Gasteiger partial charge in [0.25, 0.3) is 0 Å². The zero-order valence-corrected chi connectivity index (χ0v) is 13.9. The molecule has 7 heteroatoms. The lowest BCUT2D eigenvalue weighted by atomic mass is 9.77. The lowest BCUT2D eigenvalue weighted by molar-refractivity contribution is -0.119. The normalized spacial score (nSPS) is 17.0. The van der Waals surface area contributed by atoms with Crippen molar-refractivity contribution in [2.24, 2.45) is 5.73 Å². The van der Waals surface area contributed by atoms with Gasteiger partial charge in [0, 0.05) is 13.3 Å². The van der Waals surface area contributed by atoms with E-state index in [1.54, 1.807) is 7.11 Å². The lowest BCUT2D eigenvalue weighted by Crippen LogP contribution is -2.44. The summed E-state index contributed by atoms with van der Waals surface area (Å²) in [6.45, 7) is 1.46. The third-order valence-corrected chi connectivity index (χ3v) is 4.38. The third kappa shape index (κ3) is 3.41. The first-order valence-electron chi connectivity index (χ1n) is 8.03. The number of carbonyl (C=O) groups is 1. The van der Waals surface area contributed by atoms with E-state index in [-0.39, 0.29) is 5.91 Å². The maximum absolute atomic E-state index is 11.6. The van der Waals surface area contributed by atoms with Crippen LogP contribution in [-0.2, 0) is 16.8 Å². The molecule has 1 aromatic carbocycles. The SMILES string of the molecule is COc1cccc(CC(NC(C)=O)c2nc(C3(N)CCC3)no2)c1. The van der Waals surface area contributed by atoms with Crippen LogP contribution in [0.2, 0.25) is 0 Å². The Morgan fingerprint density at radius 3 is 2.92 bits per heavy atom. The second-order valence-corrected chi connectivity index (χ2v) is 6.27. The van der Waals surface area contributed by atoms with Gasteiger partial charge < -0.3 is 20.3 Å². The molecule has 3 rings (SSSR count). The van der Waals surface area contributed by atoms with Crippen molar-refractivity contribution in [3.8, 4) is 5.75 Å². The number of aromatic nitrogens is 2. The molecule has 0 bridgehead atoms. The number of hydrogen-bond donors (Lipinski definition) is 2. The summed E-state index contributed by atoms with van der Waals surface area (Å²) in [4.78, 5) is 16.0. The van der Waals surface area contributed by atoms with Crippen molar-refractivity contribution in [3.05, 3.63) is 41.5 Å². The van der Waals surface area contributed by atoms with Gasteiger partial charge in [-0.15, -0.1) is 0 Å². The van der Waals surface area contributed by atoms with E-state index in [0.29, 0.717) is 18.1 Å². The van der Waals surface area contributed by atoms with E-state index in [1.165, 1.54) is 6.92 Å². The maximum Gasteiger partial charge on any atom is 0.249 e. The minimum atomic E-state index is -0.488. The molecule has 7 nitrogen and oxygen atoms in total. The minimum absolute atomic E-state index is 0.159. The summed E-state index contributed by atoms with van der Waals surface area (Å²) < 4.78 is 10.6. The van der Waals surface area contributed by atoms with Crippen molar-refractivity contribution in [2.75, 3.05) is 7.11 Å². The van der Waals surface area contributed by atoms with Gasteiger partial charge in [0.15, 0.2) is 5.82 Å². The molecule has 1 unspecified atom stereocenters. The molecule has 3 N–H and O–H groups in total. The Hall–Kier alpha value is -2.41. The number of ether oxygens (including phenoxy) is 1. The van der Waals surface area contributed by atoms with Gasteiger partial charge in [0.05, 0.1) is 12.6 Å². The molecule has 1 atom stereocenters. The number of nitrogens with one attached hydrogen (secondary N) is 1. The quantitative estimate of drug-likeness (QED) is 0.837. The average molecular weight is 330 g/mol. The van der Waals surface area contributed by atoms with Crippen molar-refractivity contribution in [3.63, 3.8) is 0 Å². The first-order chi connectivity index (χ1) is 11.5. The average Bonchev–Trinajstić information content (AvgIpc) is 3.02. The molecule has 1 aliphatic rings. The van der Waals surface area contributed by atoms with Crippen molar-refractivity contribution in [2.45, 2.75) is 44.2 Å². The van der Waals surface area contributed by atoms with Gasteiger partial charge in [0.2, 0.25) is 11.8 Å². The number of methoxy groups -OCH3 is 1. The van der Waals surface area contributed by atoms with E-state index in [9.17, 15) is 4.79 Å². The Labute approximate surface area is 140 Å². The van der Waals surface area contributed by atoms with E-state index < -0.39 is 11.6 Å². The highest BCUT2D eigenvalue weighted by Crippen LogP contribution is 2.37. The summed E-state index contributed by atoms with van der Waals surface area (Å²) in [5.74, 6) is 1.49. The molecule has 1 heterocycles. The number of hydrogen-bond acceptors (Lipinski definition) is 6. The van der Waals surface area contributed by atoms with E-state index in [4.69, 9.17) is 15.0 Å². The van der Waals surface area contributed by atoms with E-state index in [2.05, 4.69) is 15.5 Å². The molecule has 1 fully saturated rings. The molecule has 1 saturated carbocycles. The Morgan fingerprint density at radius 2 is 2.29 bits per heavy atom. The van der Waals surface area contributed by atoms with Crippen LogP contribution >= 0.6 is 0 Å². The predicted molar refractivity (Wildman–Crippen MR) is 87.3 cm³/mol. The molecule has 1 aromatic heterocycles. The largest absolute Gasteiger partial charge is 0.497 e. The molecular formula is C17H22N4O3. The Kier molecular flexibility index (Phi) is 4.53. The second-order valence-electron chi connectivity index (χ2n) is 6.27. The van der Waals surface area contributed by atoms with Crippen molar-refractivity contribution >= 4 is 5.91 Å². The molecule has 1 amide bonds. The van der Waals surface area contributed by atoms with Gasteiger partial charge in [-0.1, -0.05) is 17.3 Å². The molecule has 1 aliphatic carbocycles. The van der Waals surface area contributed by atoms with Gasteiger partial charge in [-0.05, 0) is 37.0 Å². The van der Waals surface area contributed by atoms with E-state index >= 15 is 0 Å². The molecule has 0 saturated heterocycles. The summed E-state index contributed by atoms with van der Waals surface area (Å²) in [6, 6.07) is 7.25. The number of amides is 1. The number of nitrogens with two attached hydrogens (primary N) is 1. The van der Waals surface area contributed by atoms with Gasteiger partial charge in [0.1, 0.15) is 11.8 Å². The van der Waals surface area contributed by atoms with Crippen LogP contribution in [0.4, 0.5) is 0 Å². The number of carbonyl (C=O) groups excluding carboxylic acids is 1. The van der Waals surface area contributed by atoms with Crippen LogP contribution in [0.5, 0.6) is 5.75 Å². The van der Waals surface area contributed by atoms with Gasteiger partial charge >= 0.3 is 0 Å². The van der Waals surface area contributed by atoms with Crippen LogP contribution in [0.25, 0.3) is 0 Å². The summed E-state index contributed by atoms with van der Waals surface area (Å²) in [7, 11) is 1.62. The fourth-order valence-electron chi connectivity index (χ4n) is 2.84. The summed E-state index contributed by atoms with van der Waals surface area (Å²) >= 11 is 0. The van der Waals surface area contributed by atoms with Gasteiger partial charge in [-0.3, -0.25) is 4.79 Å².